The predicted molar refractivity (Wildman–Crippen MR) is 84.0 cm³/mol. The summed E-state index contributed by atoms with van der Waals surface area (Å²) in [5.74, 6) is 0.389. The number of urea groups is 1. The second-order valence-electron chi connectivity index (χ2n) is 5.92. The zero-order valence-corrected chi connectivity index (χ0v) is 12.9. The molecule has 1 aromatic carbocycles. The maximum atomic E-state index is 12.9. The highest BCUT2D eigenvalue weighted by molar-refractivity contribution is 6.26. The van der Waals surface area contributed by atoms with Gasteiger partial charge in [0.15, 0.2) is 18.0 Å². The van der Waals surface area contributed by atoms with Crippen LogP contribution >= 0.6 is 0 Å². The minimum absolute atomic E-state index is 0.229. The van der Waals surface area contributed by atoms with E-state index < -0.39 is 6.04 Å². The second kappa shape index (κ2) is 5.22. The SMILES string of the molecule is COc1cccc(N2C(=O)C3C=[NH+]C4=C(CCCC4)N3C2=O)c1. The topological polar surface area (TPSA) is 63.8 Å². The van der Waals surface area contributed by atoms with Gasteiger partial charge < -0.3 is 4.74 Å². The van der Waals surface area contributed by atoms with Crippen molar-refractivity contribution in [2.24, 2.45) is 0 Å². The molecule has 23 heavy (non-hydrogen) atoms. The molecule has 0 saturated carbocycles. The van der Waals surface area contributed by atoms with E-state index in [-0.39, 0.29) is 11.9 Å². The fourth-order valence-corrected chi connectivity index (χ4v) is 3.47. The first-order valence-electron chi connectivity index (χ1n) is 7.84. The molecule has 0 spiro atoms. The average molecular weight is 312 g/mol. The Morgan fingerprint density at radius 2 is 2.04 bits per heavy atom. The lowest BCUT2D eigenvalue weighted by molar-refractivity contribution is -0.404. The van der Waals surface area contributed by atoms with Crippen molar-refractivity contribution < 1.29 is 19.3 Å². The molecule has 1 fully saturated rings. The molecule has 2 heterocycles. The summed E-state index contributed by atoms with van der Waals surface area (Å²) >= 11 is 0. The highest BCUT2D eigenvalue weighted by Gasteiger charge is 2.51. The Morgan fingerprint density at radius 1 is 1.22 bits per heavy atom. The standard InChI is InChI=1S/C17H17N3O3/c1-23-12-6-4-5-11(9-12)19-16(21)15-10-18-13-7-2-3-8-14(13)20(15)17(19)22/h4-6,9-10,15H,2-3,7-8H2,1H3/p+1. The van der Waals surface area contributed by atoms with Crippen LogP contribution in [0.4, 0.5) is 10.5 Å². The van der Waals surface area contributed by atoms with Gasteiger partial charge in [-0.1, -0.05) is 6.07 Å². The summed E-state index contributed by atoms with van der Waals surface area (Å²) in [7, 11) is 1.56. The number of imide groups is 1. The van der Waals surface area contributed by atoms with E-state index >= 15 is 0 Å². The molecule has 1 aliphatic carbocycles. The van der Waals surface area contributed by atoms with Crippen molar-refractivity contribution in [3.8, 4) is 5.75 Å². The van der Waals surface area contributed by atoms with E-state index in [4.69, 9.17) is 4.74 Å². The maximum Gasteiger partial charge on any atom is 0.337 e. The van der Waals surface area contributed by atoms with Crippen molar-refractivity contribution in [3.05, 3.63) is 35.7 Å². The van der Waals surface area contributed by atoms with Gasteiger partial charge in [-0.25, -0.2) is 14.7 Å². The second-order valence-corrected chi connectivity index (χ2v) is 5.92. The van der Waals surface area contributed by atoms with Crippen molar-refractivity contribution in [1.29, 1.82) is 0 Å². The minimum Gasteiger partial charge on any atom is -0.497 e. The Hall–Kier alpha value is -2.63. The Balaban J connectivity index is 1.74. The van der Waals surface area contributed by atoms with E-state index in [0.29, 0.717) is 11.4 Å². The van der Waals surface area contributed by atoms with Gasteiger partial charge in [-0.05, 0) is 31.4 Å². The molecule has 3 amide bonds. The van der Waals surface area contributed by atoms with Gasteiger partial charge in [-0.2, -0.15) is 0 Å². The fourth-order valence-electron chi connectivity index (χ4n) is 3.47. The average Bonchev–Trinajstić information content (AvgIpc) is 2.86. The van der Waals surface area contributed by atoms with Gasteiger partial charge in [0.1, 0.15) is 5.75 Å². The lowest BCUT2D eigenvalue weighted by Gasteiger charge is -2.26. The van der Waals surface area contributed by atoms with Crippen LogP contribution in [0, 0.1) is 0 Å². The van der Waals surface area contributed by atoms with E-state index in [9.17, 15) is 9.59 Å². The molecule has 1 atom stereocenters. The summed E-state index contributed by atoms with van der Waals surface area (Å²) in [5, 5.41) is 0. The molecule has 1 unspecified atom stereocenters. The molecule has 4 rings (SSSR count). The van der Waals surface area contributed by atoms with E-state index in [1.807, 2.05) is 0 Å². The van der Waals surface area contributed by atoms with Crippen LogP contribution in [0.25, 0.3) is 0 Å². The zero-order chi connectivity index (χ0) is 16.0. The van der Waals surface area contributed by atoms with Gasteiger partial charge in [0.05, 0.1) is 18.5 Å². The molecule has 118 valence electrons. The lowest BCUT2D eigenvalue weighted by atomic mass is 9.98. The Kier molecular flexibility index (Phi) is 3.18. The number of anilines is 1. The summed E-state index contributed by atoms with van der Waals surface area (Å²) in [4.78, 5) is 31.8. The van der Waals surface area contributed by atoms with Crippen molar-refractivity contribution in [2.75, 3.05) is 12.0 Å². The molecule has 1 N–H and O–H groups in total. The highest BCUT2D eigenvalue weighted by Crippen LogP contribution is 2.34. The summed E-state index contributed by atoms with van der Waals surface area (Å²) in [6, 6.07) is 6.18. The summed E-state index contributed by atoms with van der Waals surface area (Å²) in [6.07, 6.45) is 5.64. The number of carbonyl (C=O) groups excluding carboxylic acids is 2. The molecule has 0 bridgehead atoms. The van der Waals surface area contributed by atoms with Crippen LogP contribution < -0.4 is 14.6 Å². The first kappa shape index (κ1) is 14.0. The molecule has 0 radical (unpaired) electrons. The van der Waals surface area contributed by atoms with Crippen molar-refractivity contribution in [3.63, 3.8) is 0 Å². The number of carbonyl (C=O) groups is 2. The number of ether oxygens (including phenoxy) is 1. The maximum absolute atomic E-state index is 12.9. The number of amides is 3. The van der Waals surface area contributed by atoms with Gasteiger partial charge in [0.25, 0.3) is 5.91 Å². The monoisotopic (exact) mass is 312 g/mol. The summed E-state index contributed by atoms with van der Waals surface area (Å²) < 4.78 is 5.20. The Bertz CT molecular complexity index is 753. The quantitative estimate of drug-likeness (QED) is 0.821. The normalized spacial score (nSPS) is 23.3. The fraction of sp³-hybridized carbons (Fsp3) is 0.353. The summed E-state index contributed by atoms with van der Waals surface area (Å²) in [6.45, 7) is 0. The van der Waals surface area contributed by atoms with Crippen LogP contribution in [0.5, 0.6) is 5.75 Å². The number of methoxy groups -OCH3 is 1. The van der Waals surface area contributed by atoms with Crippen LogP contribution in [-0.4, -0.2) is 36.2 Å². The molecule has 3 aliphatic rings. The third kappa shape index (κ3) is 2.05. The third-order valence-electron chi connectivity index (χ3n) is 4.61. The van der Waals surface area contributed by atoms with Gasteiger partial charge in [-0.15, -0.1) is 0 Å². The number of allylic oxidation sites excluding steroid dienone is 2. The molecule has 2 aliphatic heterocycles. The Labute approximate surface area is 134 Å². The minimum atomic E-state index is -0.564. The number of benzene rings is 1. The Morgan fingerprint density at radius 3 is 2.87 bits per heavy atom. The van der Waals surface area contributed by atoms with E-state index in [0.717, 1.165) is 37.1 Å². The largest absolute Gasteiger partial charge is 0.497 e. The van der Waals surface area contributed by atoms with Crippen LogP contribution in [0.3, 0.4) is 0 Å². The van der Waals surface area contributed by atoms with Crippen LogP contribution in [-0.2, 0) is 4.79 Å². The van der Waals surface area contributed by atoms with Crippen molar-refractivity contribution >= 4 is 23.8 Å². The first-order chi connectivity index (χ1) is 11.2. The molecule has 6 heteroatoms. The van der Waals surface area contributed by atoms with E-state index in [1.54, 1.807) is 42.5 Å². The zero-order valence-electron chi connectivity index (χ0n) is 12.9. The first-order valence-corrected chi connectivity index (χ1v) is 7.84. The van der Waals surface area contributed by atoms with Crippen LogP contribution in [0.2, 0.25) is 0 Å². The number of hydrogen-bond donors (Lipinski definition) is 1. The molecule has 1 aromatic rings. The number of hydrogen-bond acceptors (Lipinski definition) is 3. The predicted octanol–water partition coefficient (Wildman–Crippen LogP) is 0.783. The molecule has 0 aromatic heterocycles. The number of rotatable bonds is 2. The molecular weight excluding hydrogens is 294 g/mol. The van der Waals surface area contributed by atoms with Crippen molar-refractivity contribution in [2.45, 2.75) is 31.7 Å². The van der Waals surface area contributed by atoms with Crippen LogP contribution in [0.15, 0.2) is 35.7 Å². The molecular formula is C17H18N3O3+. The summed E-state index contributed by atoms with van der Waals surface area (Å²) in [5.41, 5.74) is 2.58. The van der Waals surface area contributed by atoms with E-state index in [2.05, 4.69) is 4.99 Å². The number of nitrogens with zero attached hydrogens (tertiary/aromatic N) is 2. The number of fused-ring (bicyclic) bond motifs is 2. The van der Waals surface area contributed by atoms with Gasteiger partial charge in [-0.3, -0.25) is 9.69 Å². The number of nitrogens with one attached hydrogen (secondary N) is 1. The lowest BCUT2D eigenvalue weighted by Crippen LogP contribution is -2.74. The highest BCUT2D eigenvalue weighted by atomic mass is 16.5. The van der Waals surface area contributed by atoms with Crippen LogP contribution in [0.1, 0.15) is 25.7 Å². The smallest absolute Gasteiger partial charge is 0.337 e. The van der Waals surface area contributed by atoms with Gasteiger partial charge in [0.2, 0.25) is 0 Å². The molecule has 6 nitrogen and oxygen atoms in total. The van der Waals surface area contributed by atoms with E-state index in [1.165, 1.54) is 4.90 Å². The van der Waals surface area contributed by atoms with Gasteiger partial charge >= 0.3 is 6.03 Å². The molecule has 1 saturated heterocycles. The van der Waals surface area contributed by atoms with Gasteiger partial charge in [0, 0.05) is 12.5 Å². The third-order valence-corrected chi connectivity index (χ3v) is 4.61. The van der Waals surface area contributed by atoms with Crippen molar-refractivity contribution in [1.82, 2.24) is 4.90 Å².